The van der Waals surface area contributed by atoms with Crippen LogP contribution in [0.1, 0.15) is 30.0 Å². The molecule has 1 aliphatic rings. The lowest BCUT2D eigenvalue weighted by Gasteiger charge is -2.38. The van der Waals surface area contributed by atoms with Crippen LogP contribution in [0, 0.1) is 18.7 Å². The van der Waals surface area contributed by atoms with Gasteiger partial charge in [-0.15, -0.1) is 0 Å². The Labute approximate surface area is 152 Å². The summed E-state index contributed by atoms with van der Waals surface area (Å²) in [5.41, 5.74) is 1.47. The zero-order chi connectivity index (χ0) is 18.9. The zero-order valence-corrected chi connectivity index (χ0v) is 15.5. The number of sulfonamides is 1. The number of aliphatic hydroxyl groups is 1. The summed E-state index contributed by atoms with van der Waals surface area (Å²) in [6.07, 6.45) is 0.484. The van der Waals surface area contributed by atoms with Crippen LogP contribution < -0.4 is 9.46 Å². The fourth-order valence-corrected chi connectivity index (χ4v) is 4.46. The first-order valence-corrected chi connectivity index (χ1v) is 9.89. The number of aliphatic hydroxyl groups excluding tert-OH is 1. The molecule has 0 amide bonds. The van der Waals surface area contributed by atoms with Gasteiger partial charge in [0.25, 0.3) is 0 Å². The summed E-state index contributed by atoms with van der Waals surface area (Å²) in [6, 6.07) is 10.3. The maximum atomic E-state index is 14.1. The van der Waals surface area contributed by atoms with Gasteiger partial charge in [-0.05, 0) is 55.5 Å². The van der Waals surface area contributed by atoms with E-state index in [9.17, 15) is 17.9 Å². The van der Waals surface area contributed by atoms with Crippen molar-refractivity contribution in [3.8, 4) is 5.75 Å². The fraction of sp³-hybridized carbons (Fsp3) is 0.368. The number of aryl methyl sites for hydroxylation is 1. The molecule has 2 aromatic carbocycles. The highest BCUT2D eigenvalue weighted by atomic mass is 32.2. The number of hydrogen-bond acceptors (Lipinski definition) is 4. The monoisotopic (exact) mass is 379 g/mol. The molecule has 5 nitrogen and oxygen atoms in total. The highest BCUT2D eigenvalue weighted by Gasteiger charge is 2.37. The highest BCUT2D eigenvalue weighted by Crippen LogP contribution is 2.39. The number of benzene rings is 2. The van der Waals surface area contributed by atoms with Gasteiger partial charge in [-0.2, -0.15) is 0 Å². The third-order valence-electron chi connectivity index (χ3n) is 4.77. The van der Waals surface area contributed by atoms with Gasteiger partial charge in [-0.25, -0.2) is 17.5 Å². The maximum absolute atomic E-state index is 14.1. The number of hydrogen-bond donors (Lipinski definition) is 2. The van der Waals surface area contributed by atoms with Gasteiger partial charge in [0.1, 0.15) is 0 Å². The Kier molecular flexibility index (Phi) is 5.32. The molecule has 0 bridgehead atoms. The van der Waals surface area contributed by atoms with Crippen LogP contribution in [-0.4, -0.2) is 26.7 Å². The minimum absolute atomic E-state index is 0.0991. The summed E-state index contributed by atoms with van der Waals surface area (Å²) in [6.45, 7) is 1.88. The van der Waals surface area contributed by atoms with Gasteiger partial charge in [0.05, 0.1) is 24.2 Å². The molecule has 2 N–H and O–H groups in total. The number of halogens is 1. The Morgan fingerprint density at radius 2 is 1.85 bits per heavy atom. The SMILES string of the molecule is COc1ccc([C@H](NS(=O)(=O)c2ccc(C)cc2)C2CC(O)C2)cc1F. The topological polar surface area (TPSA) is 75.6 Å². The van der Waals surface area contributed by atoms with Gasteiger partial charge in [0, 0.05) is 0 Å². The molecule has 1 fully saturated rings. The molecule has 0 spiro atoms. The number of ether oxygens (including phenoxy) is 1. The molecule has 7 heteroatoms. The molecule has 2 aromatic rings. The van der Waals surface area contributed by atoms with Gasteiger partial charge in [-0.3, -0.25) is 0 Å². The van der Waals surface area contributed by atoms with Crippen molar-refractivity contribution in [2.24, 2.45) is 5.92 Å². The van der Waals surface area contributed by atoms with Crippen LogP contribution >= 0.6 is 0 Å². The van der Waals surface area contributed by atoms with Crippen molar-refractivity contribution in [1.82, 2.24) is 4.72 Å². The lowest BCUT2D eigenvalue weighted by molar-refractivity contribution is 0.0279. The molecule has 0 unspecified atom stereocenters. The highest BCUT2D eigenvalue weighted by molar-refractivity contribution is 7.89. The van der Waals surface area contributed by atoms with E-state index in [4.69, 9.17) is 4.74 Å². The number of methoxy groups -OCH3 is 1. The quantitative estimate of drug-likeness (QED) is 0.809. The van der Waals surface area contributed by atoms with Crippen LogP contribution in [-0.2, 0) is 10.0 Å². The van der Waals surface area contributed by atoms with Gasteiger partial charge < -0.3 is 9.84 Å². The van der Waals surface area contributed by atoms with Crippen molar-refractivity contribution >= 4 is 10.0 Å². The molecule has 0 radical (unpaired) electrons. The first-order chi connectivity index (χ1) is 12.3. The van der Waals surface area contributed by atoms with Crippen molar-refractivity contribution in [1.29, 1.82) is 0 Å². The van der Waals surface area contributed by atoms with Crippen LogP contribution in [0.2, 0.25) is 0 Å². The van der Waals surface area contributed by atoms with E-state index in [-0.39, 0.29) is 16.6 Å². The van der Waals surface area contributed by atoms with Crippen LogP contribution in [0.15, 0.2) is 47.4 Å². The van der Waals surface area contributed by atoms with Gasteiger partial charge in [-0.1, -0.05) is 23.8 Å². The molecule has 26 heavy (non-hydrogen) atoms. The van der Waals surface area contributed by atoms with Crippen molar-refractivity contribution in [2.75, 3.05) is 7.11 Å². The minimum Gasteiger partial charge on any atom is -0.494 e. The second-order valence-electron chi connectivity index (χ2n) is 6.69. The van der Waals surface area contributed by atoms with E-state index in [0.717, 1.165) is 5.56 Å². The summed E-state index contributed by atoms with van der Waals surface area (Å²) in [5.74, 6) is -0.551. The summed E-state index contributed by atoms with van der Waals surface area (Å²) < 4.78 is 47.3. The van der Waals surface area contributed by atoms with Crippen LogP contribution in [0.5, 0.6) is 5.75 Å². The van der Waals surface area contributed by atoms with E-state index < -0.39 is 28.0 Å². The lowest BCUT2D eigenvalue weighted by Crippen LogP contribution is -2.41. The summed E-state index contributed by atoms with van der Waals surface area (Å²) in [4.78, 5) is 0.155. The number of rotatable bonds is 6. The van der Waals surface area contributed by atoms with E-state index >= 15 is 0 Å². The molecule has 0 saturated heterocycles. The molecule has 1 aliphatic carbocycles. The van der Waals surface area contributed by atoms with Crippen LogP contribution in [0.25, 0.3) is 0 Å². The van der Waals surface area contributed by atoms with E-state index in [0.29, 0.717) is 18.4 Å². The Morgan fingerprint density at radius 3 is 2.38 bits per heavy atom. The zero-order valence-electron chi connectivity index (χ0n) is 14.6. The number of nitrogens with one attached hydrogen (secondary N) is 1. The van der Waals surface area contributed by atoms with Gasteiger partial charge in [0.2, 0.25) is 10.0 Å². The predicted molar refractivity (Wildman–Crippen MR) is 95.9 cm³/mol. The lowest BCUT2D eigenvalue weighted by atomic mass is 9.75. The van der Waals surface area contributed by atoms with Crippen LogP contribution in [0.3, 0.4) is 0 Å². The first-order valence-electron chi connectivity index (χ1n) is 8.40. The Balaban J connectivity index is 1.92. The van der Waals surface area contributed by atoms with Crippen molar-refractivity contribution < 1.29 is 22.7 Å². The van der Waals surface area contributed by atoms with E-state index in [1.54, 1.807) is 30.3 Å². The molecule has 0 heterocycles. The molecular weight excluding hydrogens is 357 g/mol. The van der Waals surface area contributed by atoms with Crippen molar-refractivity contribution in [2.45, 2.75) is 36.8 Å². The smallest absolute Gasteiger partial charge is 0.241 e. The standard InChI is InChI=1S/C19H22FNO4S/c1-12-3-6-16(7-4-12)26(23,24)21-19(14-9-15(22)10-14)13-5-8-18(25-2)17(20)11-13/h3-8,11,14-15,19,21-22H,9-10H2,1-2H3/t14?,15?,19-/m0/s1. The minimum atomic E-state index is -3.78. The molecule has 1 saturated carbocycles. The van der Waals surface area contributed by atoms with Gasteiger partial charge >= 0.3 is 0 Å². The summed E-state index contributed by atoms with van der Waals surface area (Å²) >= 11 is 0. The molecular formula is C19H22FNO4S. The first kappa shape index (κ1) is 18.8. The molecule has 3 rings (SSSR count). The Bertz CT molecular complexity index is 877. The Hall–Kier alpha value is -1.96. The maximum Gasteiger partial charge on any atom is 0.241 e. The van der Waals surface area contributed by atoms with E-state index in [2.05, 4.69) is 4.72 Å². The van der Waals surface area contributed by atoms with E-state index in [1.165, 1.54) is 19.2 Å². The molecule has 0 aliphatic heterocycles. The third-order valence-corrected chi connectivity index (χ3v) is 6.23. The van der Waals surface area contributed by atoms with Crippen molar-refractivity contribution in [3.05, 3.63) is 59.4 Å². The average Bonchev–Trinajstić information content (AvgIpc) is 2.57. The normalized spacial score (nSPS) is 21.1. The third kappa shape index (κ3) is 3.90. The molecule has 0 aromatic heterocycles. The molecule has 1 atom stereocenters. The van der Waals surface area contributed by atoms with Crippen LogP contribution in [0.4, 0.5) is 4.39 Å². The Morgan fingerprint density at radius 1 is 1.19 bits per heavy atom. The average molecular weight is 379 g/mol. The summed E-state index contributed by atoms with van der Waals surface area (Å²) in [7, 11) is -2.40. The summed E-state index contributed by atoms with van der Waals surface area (Å²) in [5, 5.41) is 9.63. The van der Waals surface area contributed by atoms with E-state index in [1.807, 2.05) is 6.92 Å². The van der Waals surface area contributed by atoms with Gasteiger partial charge in [0.15, 0.2) is 11.6 Å². The second-order valence-corrected chi connectivity index (χ2v) is 8.41. The fourth-order valence-electron chi connectivity index (χ4n) is 3.17. The van der Waals surface area contributed by atoms with Crippen molar-refractivity contribution in [3.63, 3.8) is 0 Å². The predicted octanol–water partition coefficient (Wildman–Crippen LogP) is 2.93. The largest absolute Gasteiger partial charge is 0.494 e. The second kappa shape index (κ2) is 7.34. The molecule has 140 valence electrons.